The van der Waals surface area contributed by atoms with Crippen LogP contribution in [-0.4, -0.2) is 82.0 Å². The second-order valence-electron chi connectivity index (χ2n) is 9.88. The van der Waals surface area contributed by atoms with Gasteiger partial charge in [-0.1, -0.05) is 32.4 Å². The van der Waals surface area contributed by atoms with Gasteiger partial charge < -0.3 is 42.9 Å². The molecule has 0 aliphatic carbocycles. The lowest BCUT2D eigenvalue weighted by Gasteiger charge is -2.30. The van der Waals surface area contributed by atoms with Crippen molar-refractivity contribution in [1.82, 2.24) is 15.5 Å². The highest BCUT2D eigenvalue weighted by molar-refractivity contribution is 5.94. The highest BCUT2D eigenvalue weighted by Crippen LogP contribution is 2.21. The van der Waals surface area contributed by atoms with E-state index in [9.17, 15) is 29.4 Å². The van der Waals surface area contributed by atoms with Gasteiger partial charge in [0, 0.05) is 19.5 Å². The van der Waals surface area contributed by atoms with Gasteiger partial charge >= 0.3 is 5.97 Å². The molecule has 5 unspecified atom stereocenters. The Bertz CT molecular complexity index is 1030. The highest BCUT2D eigenvalue weighted by atomic mass is 16.4. The first kappa shape index (κ1) is 31.3. The van der Waals surface area contributed by atoms with Gasteiger partial charge in [-0.25, -0.2) is 4.79 Å². The van der Waals surface area contributed by atoms with E-state index >= 15 is 0 Å². The molecule has 10 N–H and O–H groups in total. The van der Waals surface area contributed by atoms with Gasteiger partial charge in [-0.2, -0.15) is 0 Å². The Labute approximate surface area is 228 Å². The summed E-state index contributed by atoms with van der Waals surface area (Å²) in [4.78, 5) is 56.7. The number of carboxylic acids is 1. The Hall–Kier alpha value is -3.87. The molecule has 1 aromatic rings. The number of guanidine groups is 1. The summed E-state index contributed by atoms with van der Waals surface area (Å²) >= 11 is 0. The molecule has 0 radical (unpaired) electrons. The predicted octanol–water partition coefficient (Wildman–Crippen LogP) is -0.593. The van der Waals surface area contributed by atoms with E-state index in [1.807, 2.05) is 13.8 Å². The lowest BCUT2D eigenvalue weighted by atomic mass is 9.98. The molecule has 1 aromatic carbocycles. The standard InChI is InChI=1S/C26H41N7O6/c1-3-15(2)21(27)23(36)32-19(14-16-8-10-17(34)11-9-16)24(37)33-13-5-7-20(33)22(35)31-18(25(38)39)6-4-12-30-26(28)29/h8-11,15,18-21,34H,3-7,12-14,27H2,1-2H3,(H,31,35)(H,32,36)(H,38,39)(H4,28,29,30). The van der Waals surface area contributed by atoms with Crippen LogP contribution in [0.25, 0.3) is 0 Å². The lowest BCUT2D eigenvalue weighted by molar-refractivity contribution is -0.145. The quantitative estimate of drug-likeness (QED) is 0.0895. The van der Waals surface area contributed by atoms with Crippen molar-refractivity contribution in [3.8, 4) is 5.75 Å². The zero-order valence-electron chi connectivity index (χ0n) is 22.5. The van der Waals surface area contributed by atoms with E-state index in [1.165, 1.54) is 17.0 Å². The number of carbonyl (C=O) groups excluding carboxylic acids is 3. The van der Waals surface area contributed by atoms with E-state index in [-0.39, 0.29) is 43.6 Å². The molecule has 0 bridgehead atoms. The average Bonchev–Trinajstić information content (AvgIpc) is 3.39. The van der Waals surface area contributed by atoms with E-state index in [1.54, 1.807) is 12.1 Å². The maximum Gasteiger partial charge on any atom is 0.326 e. The van der Waals surface area contributed by atoms with Gasteiger partial charge in [-0.05, 0) is 49.3 Å². The molecule has 1 aliphatic rings. The fourth-order valence-corrected chi connectivity index (χ4v) is 4.38. The van der Waals surface area contributed by atoms with Crippen molar-refractivity contribution in [2.75, 3.05) is 13.1 Å². The number of phenolic OH excluding ortho intramolecular Hbond substituents is 1. The number of rotatable bonds is 14. The number of hydrogen-bond acceptors (Lipinski definition) is 7. The third-order valence-electron chi connectivity index (χ3n) is 6.95. The molecule has 13 nitrogen and oxygen atoms in total. The Morgan fingerprint density at radius 2 is 1.79 bits per heavy atom. The van der Waals surface area contributed by atoms with Crippen LogP contribution >= 0.6 is 0 Å². The van der Waals surface area contributed by atoms with Gasteiger partial charge in [-0.15, -0.1) is 0 Å². The zero-order valence-corrected chi connectivity index (χ0v) is 22.5. The first-order valence-electron chi connectivity index (χ1n) is 13.2. The summed E-state index contributed by atoms with van der Waals surface area (Å²) in [6.07, 6.45) is 2.12. The van der Waals surface area contributed by atoms with Crippen LogP contribution in [0.4, 0.5) is 0 Å². The number of amides is 3. The van der Waals surface area contributed by atoms with Crippen molar-refractivity contribution in [2.24, 2.45) is 28.1 Å². The molecular weight excluding hydrogens is 506 g/mol. The fraction of sp³-hybridized carbons (Fsp3) is 0.577. The molecule has 5 atom stereocenters. The SMILES string of the molecule is CCC(C)C(N)C(=O)NC(Cc1ccc(O)cc1)C(=O)N1CCCC1C(=O)NC(CCCN=C(N)N)C(=O)O. The summed E-state index contributed by atoms with van der Waals surface area (Å²) in [6, 6.07) is 2.35. The molecule has 0 aromatic heterocycles. The van der Waals surface area contributed by atoms with Crippen molar-refractivity contribution in [2.45, 2.75) is 76.5 Å². The minimum absolute atomic E-state index is 0.0621. The van der Waals surface area contributed by atoms with Crippen LogP contribution < -0.4 is 27.8 Å². The normalized spacial score (nSPS) is 17.9. The van der Waals surface area contributed by atoms with E-state index in [0.717, 1.165) is 0 Å². The Balaban J connectivity index is 2.19. The Morgan fingerprint density at radius 1 is 1.13 bits per heavy atom. The highest BCUT2D eigenvalue weighted by Gasteiger charge is 2.39. The second-order valence-corrected chi connectivity index (χ2v) is 9.88. The fourth-order valence-electron chi connectivity index (χ4n) is 4.38. The van der Waals surface area contributed by atoms with Crippen molar-refractivity contribution in [3.63, 3.8) is 0 Å². The van der Waals surface area contributed by atoms with Crippen LogP contribution in [0.2, 0.25) is 0 Å². The van der Waals surface area contributed by atoms with E-state index in [0.29, 0.717) is 31.2 Å². The summed E-state index contributed by atoms with van der Waals surface area (Å²) in [5, 5.41) is 24.5. The predicted molar refractivity (Wildman–Crippen MR) is 145 cm³/mol. The molecular formula is C26H41N7O6. The molecule has 216 valence electrons. The molecule has 0 saturated carbocycles. The number of aliphatic imine (C=N–C) groups is 1. The Morgan fingerprint density at radius 3 is 2.38 bits per heavy atom. The molecule has 1 fully saturated rings. The van der Waals surface area contributed by atoms with Gasteiger partial charge in [-0.3, -0.25) is 19.4 Å². The number of carboxylic acid groups (broad SMARTS) is 1. The van der Waals surface area contributed by atoms with E-state index in [2.05, 4.69) is 15.6 Å². The van der Waals surface area contributed by atoms with Crippen LogP contribution in [-0.2, 0) is 25.6 Å². The maximum atomic E-state index is 13.7. The van der Waals surface area contributed by atoms with Gasteiger partial charge in [0.1, 0.15) is 23.9 Å². The molecule has 13 heteroatoms. The first-order valence-corrected chi connectivity index (χ1v) is 13.2. The van der Waals surface area contributed by atoms with Gasteiger partial charge in [0.05, 0.1) is 6.04 Å². The third-order valence-corrected chi connectivity index (χ3v) is 6.95. The largest absolute Gasteiger partial charge is 0.508 e. The molecule has 0 spiro atoms. The topological polar surface area (TPSA) is 226 Å². The van der Waals surface area contributed by atoms with Crippen LogP contribution in [0.5, 0.6) is 5.75 Å². The van der Waals surface area contributed by atoms with Crippen molar-refractivity contribution >= 4 is 29.7 Å². The summed E-state index contributed by atoms with van der Waals surface area (Å²) < 4.78 is 0. The first-order chi connectivity index (χ1) is 18.4. The summed E-state index contributed by atoms with van der Waals surface area (Å²) in [5.74, 6) is -2.89. The minimum atomic E-state index is -1.21. The van der Waals surface area contributed by atoms with Crippen LogP contribution in [0.1, 0.15) is 51.5 Å². The summed E-state index contributed by atoms with van der Waals surface area (Å²) in [6.45, 7) is 4.25. The summed E-state index contributed by atoms with van der Waals surface area (Å²) in [7, 11) is 0. The number of likely N-dealkylation sites (tertiary alicyclic amines) is 1. The van der Waals surface area contributed by atoms with Crippen molar-refractivity contribution in [1.29, 1.82) is 0 Å². The number of phenols is 1. The van der Waals surface area contributed by atoms with Gasteiger partial charge in [0.2, 0.25) is 17.7 Å². The van der Waals surface area contributed by atoms with Gasteiger partial charge in [0.25, 0.3) is 0 Å². The van der Waals surface area contributed by atoms with Crippen molar-refractivity contribution < 1.29 is 29.4 Å². The zero-order chi connectivity index (χ0) is 29.1. The number of benzene rings is 1. The van der Waals surface area contributed by atoms with Crippen LogP contribution in [0, 0.1) is 5.92 Å². The number of aliphatic carboxylic acids is 1. The minimum Gasteiger partial charge on any atom is -0.508 e. The number of aromatic hydroxyl groups is 1. The molecule has 39 heavy (non-hydrogen) atoms. The Kier molecular flexibility index (Phi) is 12.0. The second kappa shape index (κ2) is 14.9. The lowest BCUT2D eigenvalue weighted by Crippen LogP contribution is -2.58. The number of nitrogens with one attached hydrogen (secondary N) is 2. The monoisotopic (exact) mass is 547 g/mol. The third kappa shape index (κ3) is 9.43. The molecule has 1 heterocycles. The summed E-state index contributed by atoms with van der Waals surface area (Å²) in [5.41, 5.74) is 17.4. The van der Waals surface area contributed by atoms with E-state index in [4.69, 9.17) is 17.2 Å². The number of carbonyl (C=O) groups is 4. The average molecular weight is 548 g/mol. The molecule has 2 rings (SSSR count). The smallest absolute Gasteiger partial charge is 0.326 e. The van der Waals surface area contributed by atoms with Gasteiger partial charge in [0.15, 0.2) is 5.96 Å². The number of hydrogen-bond donors (Lipinski definition) is 7. The molecule has 1 saturated heterocycles. The number of nitrogens with zero attached hydrogens (tertiary/aromatic N) is 2. The molecule has 3 amide bonds. The van der Waals surface area contributed by atoms with Crippen LogP contribution in [0.3, 0.4) is 0 Å². The number of nitrogens with two attached hydrogens (primary N) is 3. The molecule has 1 aliphatic heterocycles. The maximum absolute atomic E-state index is 13.7. The van der Waals surface area contributed by atoms with Crippen molar-refractivity contribution in [3.05, 3.63) is 29.8 Å². The van der Waals surface area contributed by atoms with Crippen LogP contribution in [0.15, 0.2) is 29.3 Å². The van der Waals surface area contributed by atoms with E-state index < -0.39 is 47.9 Å².